The fraction of sp³-hybridized carbons (Fsp3) is 1.00. The van der Waals surface area contributed by atoms with Crippen molar-refractivity contribution in [3.8, 4) is 0 Å². The smallest absolute Gasteiger partial charge is 0.165 e. The van der Waals surface area contributed by atoms with Crippen LogP contribution in [-0.4, -0.2) is 20.3 Å². The number of rotatable bonds is 5. The van der Waals surface area contributed by atoms with Gasteiger partial charge in [0.2, 0.25) is 0 Å². The largest absolute Gasteiger partial charge is 0.420 e. The van der Waals surface area contributed by atoms with Crippen molar-refractivity contribution in [1.29, 1.82) is 0 Å². The van der Waals surface area contributed by atoms with E-state index >= 15 is 0 Å². The molecule has 1 saturated carbocycles. The zero-order chi connectivity index (χ0) is 10.8. The van der Waals surface area contributed by atoms with Gasteiger partial charge in [0.05, 0.1) is 6.10 Å². The average Bonchev–Trinajstić information content (AvgIpc) is 2.87. The lowest BCUT2D eigenvalue weighted by molar-refractivity contribution is 0.203. The van der Waals surface area contributed by atoms with Gasteiger partial charge in [0.1, 0.15) is 0 Å². The molecule has 0 aromatic heterocycles. The molecule has 1 aliphatic carbocycles. The molecule has 0 radical (unpaired) electrons. The van der Waals surface area contributed by atoms with Crippen molar-refractivity contribution in [2.24, 2.45) is 11.3 Å². The Morgan fingerprint density at radius 3 is 2.36 bits per heavy atom. The summed E-state index contributed by atoms with van der Waals surface area (Å²) >= 11 is 2.47. The second kappa shape index (κ2) is 5.30. The van der Waals surface area contributed by atoms with Crippen molar-refractivity contribution < 1.29 is 4.43 Å². The molecule has 0 spiro atoms. The Kier molecular flexibility index (Phi) is 4.91. The van der Waals surface area contributed by atoms with E-state index in [1.54, 1.807) is 0 Å². The summed E-state index contributed by atoms with van der Waals surface area (Å²) in [5, 5.41) is 0. The fourth-order valence-corrected chi connectivity index (χ4v) is 4.17. The van der Waals surface area contributed by atoms with Crippen LogP contribution < -0.4 is 0 Å². The van der Waals surface area contributed by atoms with Crippen LogP contribution in [0.5, 0.6) is 0 Å². The van der Waals surface area contributed by atoms with E-state index in [-0.39, 0.29) is 9.76 Å². The van der Waals surface area contributed by atoms with Crippen LogP contribution in [0, 0.1) is 11.3 Å². The van der Waals surface area contributed by atoms with E-state index in [1.165, 1.54) is 17.3 Å². The van der Waals surface area contributed by atoms with Gasteiger partial charge < -0.3 is 4.43 Å². The summed E-state index contributed by atoms with van der Waals surface area (Å²) < 4.78 is 7.32. The first-order chi connectivity index (χ1) is 6.45. The quantitative estimate of drug-likeness (QED) is 0.428. The first-order valence-electron chi connectivity index (χ1n) is 5.62. The van der Waals surface area contributed by atoms with Crippen LogP contribution in [0.1, 0.15) is 40.5 Å². The van der Waals surface area contributed by atoms with Crippen molar-refractivity contribution >= 4 is 32.4 Å². The van der Waals surface area contributed by atoms with E-state index in [2.05, 4.69) is 50.3 Å². The third kappa shape index (κ3) is 4.19. The highest BCUT2D eigenvalue weighted by atomic mass is 127. The third-order valence-electron chi connectivity index (χ3n) is 3.34. The third-order valence-corrected chi connectivity index (χ3v) is 6.55. The Labute approximate surface area is 104 Å². The molecule has 0 heterocycles. The lowest BCUT2D eigenvalue weighted by Crippen LogP contribution is -2.26. The lowest BCUT2D eigenvalue weighted by atomic mass is 9.93. The van der Waals surface area contributed by atoms with Crippen molar-refractivity contribution in [3.05, 3.63) is 0 Å². The van der Waals surface area contributed by atoms with Crippen LogP contribution in [-0.2, 0) is 4.43 Å². The summed E-state index contributed by atoms with van der Waals surface area (Å²) in [7, 11) is -0.335. The van der Waals surface area contributed by atoms with Crippen LogP contribution in [0.25, 0.3) is 0 Å². The Morgan fingerprint density at radius 2 is 2.00 bits per heavy atom. The Balaban J connectivity index is 2.24. The predicted molar refractivity (Wildman–Crippen MR) is 73.9 cm³/mol. The molecule has 0 saturated heterocycles. The lowest BCUT2D eigenvalue weighted by Gasteiger charge is -2.28. The maximum absolute atomic E-state index is 6.13. The SMILES string of the molecule is CC([SiH2]O[C@H](CI)C1CC1)C(C)(C)C. The van der Waals surface area contributed by atoms with Crippen molar-refractivity contribution in [2.45, 2.75) is 52.2 Å². The van der Waals surface area contributed by atoms with Crippen LogP contribution >= 0.6 is 22.6 Å². The average molecular weight is 326 g/mol. The van der Waals surface area contributed by atoms with E-state index in [1.807, 2.05) is 0 Å². The van der Waals surface area contributed by atoms with Gasteiger partial charge in [0, 0.05) is 4.43 Å². The molecule has 1 unspecified atom stereocenters. The van der Waals surface area contributed by atoms with Gasteiger partial charge in [0.15, 0.2) is 9.76 Å². The minimum atomic E-state index is -0.335. The van der Waals surface area contributed by atoms with Gasteiger partial charge in [-0.05, 0) is 29.7 Å². The maximum Gasteiger partial charge on any atom is 0.165 e. The zero-order valence-electron chi connectivity index (χ0n) is 9.85. The van der Waals surface area contributed by atoms with E-state index in [0.717, 1.165) is 11.5 Å². The molecule has 1 fully saturated rings. The molecule has 14 heavy (non-hydrogen) atoms. The molecular formula is C11H23IOSi. The van der Waals surface area contributed by atoms with E-state index in [0.29, 0.717) is 11.5 Å². The maximum atomic E-state index is 6.13. The predicted octanol–water partition coefficient (Wildman–Crippen LogP) is 3.15. The number of alkyl halides is 1. The summed E-state index contributed by atoms with van der Waals surface area (Å²) in [5.41, 5.74) is 1.22. The molecule has 1 nitrogen and oxygen atoms in total. The number of hydrogen-bond acceptors (Lipinski definition) is 1. The Morgan fingerprint density at radius 1 is 1.43 bits per heavy atom. The summed E-state index contributed by atoms with van der Waals surface area (Å²) in [4.78, 5) is 0. The molecule has 1 rings (SSSR count). The second-order valence-electron chi connectivity index (χ2n) is 5.63. The van der Waals surface area contributed by atoms with Crippen LogP contribution in [0.3, 0.4) is 0 Å². The van der Waals surface area contributed by atoms with Crippen LogP contribution in [0.4, 0.5) is 0 Å². The van der Waals surface area contributed by atoms with Gasteiger partial charge in [-0.1, -0.05) is 50.3 Å². The minimum absolute atomic E-state index is 0.335. The molecule has 3 heteroatoms. The highest BCUT2D eigenvalue weighted by Gasteiger charge is 2.32. The van der Waals surface area contributed by atoms with Crippen LogP contribution in [0.2, 0.25) is 5.54 Å². The first kappa shape index (κ1) is 13.0. The van der Waals surface area contributed by atoms with Crippen molar-refractivity contribution in [1.82, 2.24) is 0 Å². The molecule has 0 amide bonds. The second-order valence-corrected chi connectivity index (χ2v) is 8.40. The van der Waals surface area contributed by atoms with Gasteiger partial charge in [0.25, 0.3) is 0 Å². The van der Waals surface area contributed by atoms with Crippen LogP contribution in [0.15, 0.2) is 0 Å². The molecular weight excluding hydrogens is 303 g/mol. The fourth-order valence-electron chi connectivity index (χ4n) is 1.29. The Bertz CT molecular complexity index is 173. The topological polar surface area (TPSA) is 9.23 Å². The van der Waals surface area contributed by atoms with Gasteiger partial charge in [-0.3, -0.25) is 0 Å². The standard InChI is InChI=1S/C11H23IOSi/c1-8(11(2,3)4)14-13-10(7-12)9-5-6-9/h8-10H,5-7,14H2,1-4H3/t8?,10-/m1/s1. The summed E-state index contributed by atoms with van der Waals surface area (Å²) in [6.07, 6.45) is 3.41. The monoisotopic (exact) mass is 326 g/mol. The summed E-state index contributed by atoms with van der Waals surface area (Å²) in [6.45, 7) is 9.32. The summed E-state index contributed by atoms with van der Waals surface area (Å²) in [6, 6.07) is 0. The molecule has 1 aliphatic rings. The molecule has 0 aromatic rings. The number of hydrogen-bond donors (Lipinski definition) is 0. The van der Waals surface area contributed by atoms with Crippen molar-refractivity contribution in [3.63, 3.8) is 0 Å². The van der Waals surface area contributed by atoms with E-state index < -0.39 is 0 Å². The Hall–Kier alpha value is 0.907. The minimum Gasteiger partial charge on any atom is -0.420 e. The van der Waals surface area contributed by atoms with Gasteiger partial charge in [-0.25, -0.2) is 0 Å². The molecule has 0 aromatic carbocycles. The zero-order valence-corrected chi connectivity index (χ0v) is 13.4. The van der Waals surface area contributed by atoms with E-state index in [9.17, 15) is 0 Å². The van der Waals surface area contributed by atoms with Gasteiger partial charge in [-0.15, -0.1) is 0 Å². The highest BCUT2D eigenvalue weighted by Crippen LogP contribution is 2.36. The van der Waals surface area contributed by atoms with Crippen molar-refractivity contribution in [2.75, 3.05) is 4.43 Å². The highest BCUT2D eigenvalue weighted by molar-refractivity contribution is 14.1. The van der Waals surface area contributed by atoms with Gasteiger partial charge in [-0.2, -0.15) is 0 Å². The van der Waals surface area contributed by atoms with Gasteiger partial charge >= 0.3 is 0 Å². The molecule has 0 aliphatic heterocycles. The summed E-state index contributed by atoms with van der Waals surface area (Å²) in [5.74, 6) is 0.909. The molecule has 2 atom stereocenters. The molecule has 0 N–H and O–H groups in total. The molecule has 84 valence electrons. The normalized spacial score (nSPS) is 22.9. The molecule has 0 bridgehead atoms. The number of halogens is 1. The van der Waals surface area contributed by atoms with E-state index in [4.69, 9.17) is 4.43 Å². The first-order valence-corrected chi connectivity index (χ1v) is 8.54.